The number of hydrogen-bond acceptors (Lipinski definition) is 4. The van der Waals surface area contributed by atoms with Gasteiger partial charge in [-0.25, -0.2) is 5.43 Å². The normalized spacial score (nSPS) is 10.6. The summed E-state index contributed by atoms with van der Waals surface area (Å²) >= 11 is 7.86. The summed E-state index contributed by atoms with van der Waals surface area (Å²) in [6.45, 7) is 1.40. The van der Waals surface area contributed by atoms with Crippen LogP contribution >= 0.6 is 34.2 Å². The molecule has 3 N–H and O–H groups in total. The van der Waals surface area contributed by atoms with Crippen LogP contribution in [0.5, 0.6) is 5.75 Å². The van der Waals surface area contributed by atoms with Crippen molar-refractivity contribution in [1.82, 2.24) is 5.43 Å². The predicted molar refractivity (Wildman–Crippen MR) is 102 cm³/mol. The second kappa shape index (κ2) is 8.11. The number of aromatic hydroxyl groups is 1. The number of rotatable bonds is 4. The molecule has 6 nitrogen and oxygen atoms in total. The van der Waals surface area contributed by atoms with E-state index in [2.05, 4.69) is 15.8 Å². The third kappa shape index (κ3) is 4.93. The molecule has 124 valence electrons. The molecular formula is C16H13ClIN3O3. The Morgan fingerprint density at radius 1 is 1.25 bits per heavy atom. The van der Waals surface area contributed by atoms with Crippen LogP contribution < -0.4 is 10.7 Å². The number of hydrogen-bond donors (Lipinski definition) is 3. The van der Waals surface area contributed by atoms with Crippen molar-refractivity contribution in [2.45, 2.75) is 6.92 Å². The fourth-order valence-corrected chi connectivity index (χ4v) is 2.88. The van der Waals surface area contributed by atoms with E-state index in [1.54, 1.807) is 30.3 Å². The van der Waals surface area contributed by atoms with Crippen LogP contribution in [-0.2, 0) is 4.79 Å². The van der Waals surface area contributed by atoms with Crippen molar-refractivity contribution in [3.63, 3.8) is 0 Å². The molecule has 0 radical (unpaired) electrons. The maximum Gasteiger partial charge on any atom is 0.271 e. The number of nitrogens with zero attached hydrogens (tertiary/aromatic N) is 1. The molecule has 0 unspecified atom stereocenters. The summed E-state index contributed by atoms with van der Waals surface area (Å²) in [6, 6.07) is 9.52. The van der Waals surface area contributed by atoms with E-state index in [0.717, 1.165) is 0 Å². The number of phenolic OH excluding ortho intramolecular Hbond substituents is 1. The molecule has 2 aromatic rings. The van der Waals surface area contributed by atoms with Gasteiger partial charge >= 0.3 is 0 Å². The lowest BCUT2D eigenvalue weighted by molar-refractivity contribution is -0.114. The number of nitrogens with one attached hydrogen (secondary N) is 2. The molecule has 0 heterocycles. The highest BCUT2D eigenvalue weighted by atomic mass is 127. The van der Waals surface area contributed by atoms with Gasteiger partial charge in [-0.3, -0.25) is 9.59 Å². The standard InChI is InChI=1S/C16H13ClIN3O3/c1-9(22)20-13-4-2-10(3-5-13)16(24)21-19-8-11-6-12(17)7-14(18)15(11)23/h2-8,23H,1H3,(H,20,22)(H,21,24). The monoisotopic (exact) mass is 457 g/mol. The van der Waals surface area contributed by atoms with Gasteiger partial charge in [-0.1, -0.05) is 11.6 Å². The molecule has 0 bridgehead atoms. The van der Waals surface area contributed by atoms with E-state index in [1.165, 1.54) is 19.2 Å². The zero-order valence-corrected chi connectivity index (χ0v) is 15.4. The lowest BCUT2D eigenvalue weighted by Gasteiger charge is -2.04. The molecule has 0 aromatic heterocycles. The molecule has 24 heavy (non-hydrogen) atoms. The molecule has 2 rings (SSSR count). The molecule has 2 amide bonds. The fourth-order valence-electron chi connectivity index (χ4n) is 1.82. The minimum absolute atomic E-state index is 0.0395. The quantitative estimate of drug-likeness (QED) is 0.373. The SMILES string of the molecule is CC(=O)Nc1ccc(C(=O)NN=Cc2cc(Cl)cc(I)c2O)cc1. The molecule has 8 heteroatoms. The molecule has 0 atom stereocenters. The van der Waals surface area contributed by atoms with Gasteiger partial charge in [-0.05, 0) is 59.0 Å². The Bertz CT molecular complexity index is 807. The number of carbonyl (C=O) groups is 2. The van der Waals surface area contributed by atoms with Crippen molar-refractivity contribution in [3.8, 4) is 5.75 Å². The third-order valence-corrected chi connectivity index (χ3v) is 3.94. The maximum absolute atomic E-state index is 12.0. The van der Waals surface area contributed by atoms with Gasteiger partial charge in [0.15, 0.2) is 0 Å². The second-order valence-electron chi connectivity index (χ2n) is 4.78. The highest BCUT2D eigenvalue weighted by Crippen LogP contribution is 2.27. The summed E-state index contributed by atoms with van der Waals surface area (Å²) in [4.78, 5) is 22.9. The van der Waals surface area contributed by atoms with Gasteiger partial charge in [0.25, 0.3) is 5.91 Å². The Balaban J connectivity index is 2.04. The van der Waals surface area contributed by atoms with Crippen molar-refractivity contribution >= 4 is 57.9 Å². The molecule has 0 aliphatic heterocycles. The Morgan fingerprint density at radius 3 is 2.54 bits per heavy atom. The van der Waals surface area contributed by atoms with Gasteiger partial charge in [-0.15, -0.1) is 0 Å². The summed E-state index contributed by atoms with van der Waals surface area (Å²) in [5.41, 5.74) is 3.74. The van der Waals surface area contributed by atoms with Crippen molar-refractivity contribution < 1.29 is 14.7 Å². The van der Waals surface area contributed by atoms with Crippen molar-refractivity contribution in [2.24, 2.45) is 5.10 Å². The molecule has 0 saturated heterocycles. The predicted octanol–water partition coefficient (Wildman–Crippen LogP) is 3.37. The summed E-state index contributed by atoms with van der Waals surface area (Å²) in [5, 5.41) is 16.8. The molecule has 0 aliphatic carbocycles. The number of benzene rings is 2. The smallest absolute Gasteiger partial charge is 0.271 e. The lowest BCUT2D eigenvalue weighted by atomic mass is 10.2. The third-order valence-electron chi connectivity index (χ3n) is 2.89. The molecule has 0 saturated carbocycles. The minimum atomic E-state index is -0.420. The van der Waals surface area contributed by atoms with Crippen LogP contribution in [0.4, 0.5) is 5.69 Å². The second-order valence-corrected chi connectivity index (χ2v) is 6.38. The first kappa shape index (κ1) is 18.2. The number of amides is 2. The molecule has 0 aliphatic rings. The van der Waals surface area contributed by atoms with Crippen LogP contribution in [0.15, 0.2) is 41.5 Å². The van der Waals surface area contributed by atoms with Gasteiger partial charge < -0.3 is 10.4 Å². The number of hydrazone groups is 1. The van der Waals surface area contributed by atoms with E-state index in [4.69, 9.17) is 11.6 Å². The molecule has 0 fully saturated rings. The van der Waals surface area contributed by atoms with E-state index < -0.39 is 5.91 Å². The minimum Gasteiger partial charge on any atom is -0.506 e. The van der Waals surface area contributed by atoms with Crippen molar-refractivity contribution in [2.75, 3.05) is 5.32 Å². The average molecular weight is 458 g/mol. The van der Waals surface area contributed by atoms with E-state index in [9.17, 15) is 14.7 Å². The Hall–Kier alpha value is -2.13. The summed E-state index contributed by atoms with van der Waals surface area (Å²) < 4.78 is 0.585. The van der Waals surface area contributed by atoms with E-state index in [-0.39, 0.29) is 11.7 Å². The number of carbonyl (C=O) groups excluding carboxylic acids is 2. The van der Waals surface area contributed by atoms with Crippen LogP contribution in [0, 0.1) is 3.57 Å². The molecular weight excluding hydrogens is 445 g/mol. The van der Waals surface area contributed by atoms with E-state index >= 15 is 0 Å². The number of phenols is 1. The maximum atomic E-state index is 12.0. The van der Waals surface area contributed by atoms with E-state index in [0.29, 0.717) is 25.4 Å². The first-order chi connectivity index (χ1) is 11.4. The number of halogens is 2. The van der Waals surface area contributed by atoms with Crippen LogP contribution in [0.25, 0.3) is 0 Å². The summed E-state index contributed by atoms with van der Waals surface area (Å²) in [7, 11) is 0. The Morgan fingerprint density at radius 2 is 1.92 bits per heavy atom. The first-order valence-electron chi connectivity index (χ1n) is 6.76. The van der Waals surface area contributed by atoms with Gasteiger partial charge in [0.2, 0.25) is 5.91 Å². The van der Waals surface area contributed by atoms with Gasteiger partial charge in [0.05, 0.1) is 9.78 Å². The highest BCUT2D eigenvalue weighted by molar-refractivity contribution is 14.1. The summed E-state index contributed by atoms with van der Waals surface area (Å²) in [5.74, 6) is -0.567. The van der Waals surface area contributed by atoms with Crippen LogP contribution in [0.3, 0.4) is 0 Å². The highest BCUT2D eigenvalue weighted by Gasteiger charge is 2.07. The topological polar surface area (TPSA) is 90.8 Å². The Kier molecular flexibility index (Phi) is 6.16. The van der Waals surface area contributed by atoms with Crippen molar-refractivity contribution in [3.05, 3.63) is 56.1 Å². The zero-order chi connectivity index (χ0) is 17.7. The molecule has 2 aromatic carbocycles. The Labute approximate surface area is 157 Å². The van der Waals surface area contributed by atoms with Crippen LogP contribution in [-0.4, -0.2) is 23.1 Å². The summed E-state index contributed by atoms with van der Waals surface area (Å²) in [6.07, 6.45) is 1.31. The van der Waals surface area contributed by atoms with Crippen LogP contribution in [0.2, 0.25) is 5.02 Å². The van der Waals surface area contributed by atoms with Crippen molar-refractivity contribution in [1.29, 1.82) is 0 Å². The number of anilines is 1. The largest absolute Gasteiger partial charge is 0.506 e. The first-order valence-corrected chi connectivity index (χ1v) is 8.21. The van der Waals surface area contributed by atoms with Crippen LogP contribution in [0.1, 0.15) is 22.8 Å². The van der Waals surface area contributed by atoms with Gasteiger partial charge in [0, 0.05) is 28.8 Å². The average Bonchev–Trinajstić information content (AvgIpc) is 2.52. The van der Waals surface area contributed by atoms with Gasteiger partial charge in [-0.2, -0.15) is 5.10 Å². The zero-order valence-electron chi connectivity index (χ0n) is 12.5. The molecule has 0 spiro atoms. The lowest BCUT2D eigenvalue weighted by Crippen LogP contribution is -2.17. The van der Waals surface area contributed by atoms with E-state index in [1.807, 2.05) is 22.6 Å². The fraction of sp³-hybridized carbons (Fsp3) is 0.0625. The van der Waals surface area contributed by atoms with Gasteiger partial charge in [0.1, 0.15) is 5.75 Å².